The van der Waals surface area contributed by atoms with E-state index in [0.29, 0.717) is 17.0 Å². The third kappa shape index (κ3) is 4.44. The summed E-state index contributed by atoms with van der Waals surface area (Å²) in [5.74, 6) is -0.270. The maximum atomic E-state index is 12.3. The zero-order valence-electron chi connectivity index (χ0n) is 12.9. The van der Waals surface area contributed by atoms with Gasteiger partial charge in [0.05, 0.1) is 14.2 Å². The molecule has 0 saturated heterocycles. The minimum absolute atomic E-state index is 0.0690. The fraction of sp³-hybridized carbons (Fsp3) is 0.111. The lowest BCUT2D eigenvalue weighted by molar-refractivity contribution is -0.135. The van der Waals surface area contributed by atoms with Crippen LogP contribution in [0.1, 0.15) is 10.4 Å². The third-order valence-electron chi connectivity index (χ3n) is 3.11. The number of esters is 1. The van der Waals surface area contributed by atoms with Gasteiger partial charge in [-0.25, -0.2) is 4.79 Å². The molecule has 0 atom stereocenters. The number of ketones is 1. The normalized spacial score (nSPS) is 10.8. The molecule has 0 radical (unpaired) electrons. The van der Waals surface area contributed by atoms with Gasteiger partial charge in [-0.2, -0.15) is 0 Å². The summed E-state index contributed by atoms with van der Waals surface area (Å²) >= 11 is 0. The van der Waals surface area contributed by atoms with E-state index >= 15 is 0 Å². The molecule has 2 aromatic rings. The number of allylic oxidation sites excluding steroid dienone is 1. The monoisotopic (exact) mass is 311 g/mol. The summed E-state index contributed by atoms with van der Waals surface area (Å²) in [5.41, 5.74) is 1.20. The Morgan fingerprint density at radius 2 is 1.61 bits per heavy atom. The van der Waals surface area contributed by atoms with E-state index in [1.165, 1.54) is 13.2 Å². The van der Waals surface area contributed by atoms with Gasteiger partial charge in [-0.3, -0.25) is 4.79 Å². The van der Waals surface area contributed by atoms with E-state index < -0.39 is 5.97 Å². The Hall–Kier alpha value is -3.08. The van der Waals surface area contributed by atoms with Crippen LogP contribution in [-0.4, -0.2) is 26.0 Å². The van der Waals surface area contributed by atoms with E-state index in [0.717, 1.165) is 0 Å². The highest BCUT2D eigenvalue weighted by Crippen LogP contribution is 2.14. The quantitative estimate of drug-likeness (QED) is 0.504. The van der Waals surface area contributed by atoms with Crippen LogP contribution in [-0.2, 0) is 9.53 Å². The van der Waals surface area contributed by atoms with Gasteiger partial charge in [0.2, 0.25) is 0 Å². The third-order valence-corrected chi connectivity index (χ3v) is 3.11. The van der Waals surface area contributed by atoms with Crippen molar-refractivity contribution in [2.45, 2.75) is 0 Å². The minimum Gasteiger partial charge on any atom is -0.497 e. The molecule has 0 heterocycles. The topological polar surface area (TPSA) is 64.6 Å². The van der Waals surface area contributed by atoms with Crippen molar-refractivity contribution in [1.29, 1.82) is 0 Å². The lowest BCUT2D eigenvalue weighted by Crippen LogP contribution is -2.15. The smallest absolute Gasteiger partial charge is 0.354 e. The molecule has 0 saturated carbocycles. The molecular formula is C18H17NO4. The molecule has 0 spiro atoms. The predicted molar refractivity (Wildman–Crippen MR) is 87.5 cm³/mol. The first-order valence-corrected chi connectivity index (χ1v) is 6.94. The molecule has 23 heavy (non-hydrogen) atoms. The van der Waals surface area contributed by atoms with Crippen LogP contribution >= 0.6 is 0 Å². The summed E-state index contributed by atoms with van der Waals surface area (Å²) in [5, 5.41) is 2.89. The standard InChI is InChI=1S/C18H17NO4/c1-22-15-10-8-13(9-11-15)17(20)12-16(18(21)23-2)19-14-6-4-3-5-7-14/h3-12,19H,1-2H3/b16-12+. The molecule has 0 aromatic heterocycles. The first-order valence-electron chi connectivity index (χ1n) is 6.94. The Bertz CT molecular complexity index is 706. The number of methoxy groups -OCH3 is 2. The maximum Gasteiger partial charge on any atom is 0.354 e. The zero-order valence-corrected chi connectivity index (χ0v) is 12.9. The Kier molecular flexibility index (Phi) is 5.52. The molecule has 0 aliphatic carbocycles. The molecule has 0 aliphatic heterocycles. The maximum absolute atomic E-state index is 12.3. The predicted octanol–water partition coefficient (Wildman–Crippen LogP) is 3.05. The highest BCUT2D eigenvalue weighted by molar-refractivity contribution is 6.09. The van der Waals surface area contributed by atoms with Gasteiger partial charge in [0.1, 0.15) is 11.4 Å². The lowest BCUT2D eigenvalue weighted by Gasteiger charge is -2.09. The average Bonchev–Trinajstić information content (AvgIpc) is 2.61. The van der Waals surface area contributed by atoms with Crippen molar-refractivity contribution in [2.75, 3.05) is 19.5 Å². The van der Waals surface area contributed by atoms with Crippen molar-refractivity contribution in [2.24, 2.45) is 0 Å². The van der Waals surface area contributed by atoms with E-state index in [2.05, 4.69) is 5.32 Å². The molecule has 0 aliphatic rings. The van der Waals surface area contributed by atoms with E-state index in [1.54, 1.807) is 43.5 Å². The Balaban J connectivity index is 2.24. The first kappa shape index (κ1) is 16.3. The number of ether oxygens (including phenoxy) is 2. The number of rotatable bonds is 6. The summed E-state index contributed by atoms with van der Waals surface area (Å²) in [6, 6.07) is 15.7. The number of nitrogens with one attached hydrogen (secondary N) is 1. The molecule has 0 unspecified atom stereocenters. The molecule has 5 heteroatoms. The Morgan fingerprint density at radius 1 is 0.957 bits per heavy atom. The zero-order chi connectivity index (χ0) is 16.7. The number of hydrogen-bond donors (Lipinski definition) is 1. The van der Waals surface area contributed by atoms with E-state index in [4.69, 9.17) is 9.47 Å². The van der Waals surface area contributed by atoms with Crippen molar-refractivity contribution in [3.63, 3.8) is 0 Å². The van der Waals surface area contributed by atoms with E-state index in [9.17, 15) is 9.59 Å². The summed E-state index contributed by atoms with van der Waals surface area (Å²) < 4.78 is 9.77. The molecule has 118 valence electrons. The second-order valence-electron chi connectivity index (χ2n) is 4.63. The van der Waals surface area contributed by atoms with Gasteiger partial charge < -0.3 is 14.8 Å². The van der Waals surface area contributed by atoms with Gasteiger partial charge >= 0.3 is 5.97 Å². The highest BCUT2D eigenvalue weighted by atomic mass is 16.5. The largest absolute Gasteiger partial charge is 0.497 e. The van der Waals surface area contributed by atoms with Crippen molar-refractivity contribution in [1.82, 2.24) is 0 Å². The molecule has 0 amide bonds. The van der Waals surface area contributed by atoms with Crippen LogP contribution in [0.15, 0.2) is 66.4 Å². The summed E-state index contributed by atoms with van der Waals surface area (Å²) in [6.07, 6.45) is 1.22. The van der Waals surface area contributed by atoms with Crippen LogP contribution in [0, 0.1) is 0 Å². The highest BCUT2D eigenvalue weighted by Gasteiger charge is 2.13. The van der Waals surface area contributed by atoms with Gasteiger partial charge in [0.15, 0.2) is 5.78 Å². The molecule has 2 rings (SSSR count). The minimum atomic E-state index is -0.615. The molecule has 0 bridgehead atoms. The van der Waals surface area contributed by atoms with Crippen molar-refractivity contribution >= 4 is 17.4 Å². The number of anilines is 1. The summed E-state index contributed by atoms with van der Waals surface area (Å²) in [4.78, 5) is 24.2. The van der Waals surface area contributed by atoms with Gasteiger partial charge in [-0.15, -0.1) is 0 Å². The average molecular weight is 311 g/mol. The van der Waals surface area contributed by atoms with E-state index in [-0.39, 0.29) is 11.5 Å². The van der Waals surface area contributed by atoms with Crippen LogP contribution in [0.3, 0.4) is 0 Å². The number of carbonyl (C=O) groups is 2. The van der Waals surface area contributed by atoms with Crippen molar-refractivity contribution in [3.05, 3.63) is 71.9 Å². The number of carbonyl (C=O) groups excluding carboxylic acids is 2. The molecular weight excluding hydrogens is 294 g/mol. The first-order chi connectivity index (χ1) is 11.1. The fourth-order valence-corrected chi connectivity index (χ4v) is 1.90. The number of para-hydroxylation sites is 1. The van der Waals surface area contributed by atoms with Gasteiger partial charge in [-0.1, -0.05) is 18.2 Å². The van der Waals surface area contributed by atoms with Crippen LogP contribution in [0.2, 0.25) is 0 Å². The Labute approximate surface area is 134 Å². The number of benzene rings is 2. The van der Waals surface area contributed by atoms with E-state index in [1.807, 2.05) is 18.2 Å². The van der Waals surface area contributed by atoms with Gasteiger partial charge in [0, 0.05) is 17.3 Å². The van der Waals surface area contributed by atoms with Crippen LogP contribution in [0.5, 0.6) is 5.75 Å². The summed E-state index contributed by atoms with van der Waals surface area (Å²) in [6.45, 7) is 0. The summed E-state index contributed by atoms with van der Waals surface area (Å²) in [7, 11) is 2.82. The molecule has 5 nitrogen and oxygen atoms in total. The van der Waals surface area contributed by atoms with Gasteiger partial charge in [-0.05, 0) is 36.4 Å². The van der Waals surface area contributed by atoms with Gasteiger partial charge in [0.25, 0.3) is 0 Å². The van der Waals surface area contributed by atoms with Crippen LogP contribution < -0.4 is 10.1 Å². The van der Waals surface area contributed by atoms with Crippen LogP contribution in [0.25, 0.3) is 0 Å². The fourth-order valence-electron chi connectivity index (χ4n) is 1.90. The van der Waals surface area contributed by atoms with Crippen LogP contribution in [0.4, 0.5) is 5.69 Å². The SMILES string of the molecule is COC(=O)/C(=C\C(=O)c1ccc(OC)cc1)Nc1ccccc1. The molecule has 2 aromatic carbocycles. The van der Waals surface area contributed by atoms with Crippen molar-refractivity contribution in [3.8, 4) is 5.75 Å². The lowest BCUT2D eigenvalue weighted by atomic mass is 10.1. The second-order valence-corrected chi connectivity index (χ2v) is 4.63. The number of hydrogen-bond acceptors (Lipinski definition) is 5. The molecule has 1 N–H and O–H groups in total. The second kappa shape index (κ2) is 7.79. The van der Waals surface area contributed by atoms with Crippen molar-refractivity contribution < 1.29 is 19.1 Å². The molecule has 0 fully saturated rings. The Morgan fingerprint density at radius 3 is 2.17 bits per heavy atom.